The number of carbonyl (C=O) groups excluding carboxylic acids is 2. The number of imide groups is 1. The zero-order chi connectivity index (χ0) is 13.3. The van der Waals surface area contributed by atoms with Crippen molar-refractivity contribution in [2.45, 2.75) is 12.5 Å². The summed E-state index contributed by atoms with van der Waals surface area (Å²) in [6.45, 7) is 0. The van der Waals surface area contributed by atoms with Crippen molar-refractivity contribution in [1.82, 2.24) is 4.90 Å². The number of nitrogens with two attached hydrogens (primary N) is 1. The van der Waals surface area contributed by atoms with Gasteiger partial charge in [0, 0.05) is 13.1 Å². The van der Waals surface area contributed by atoms with E-state index in [9.17, 15) is 9.59 Å². The summed E-state index contributed by atoms with van der Waals surface area (Å²) in [5.41, 5.74) is 6.94. The van der Waals surface area contributed by atoms with Crippen LogP contribution in [0.5, 0.6) is 5.75 Å². The van der Waals surface area contributed by atoms with Crippen LogP contribution < -0.4 is 15.8 Å². The standard InChI is InChI=1S/C12H15N3O3/c1-15-11(16)6-10(12(15)17)14-9-4-3-7(18-2)5-8(9)13/h3-5,10,14H,6,13H2,1-2H3. The van der Waals surface area contributed by atoms with Crippen molar-refractivity contribution in [2.75, 3.05) is 25.2 Å². The van der Waals surface area contributed by atoms with Crippen LogP contribution in [-0.4, -0.2) is 36.9 Å². The highest BCUT2D eigenvalue weighted by molar-refractivity contribution is 6.06. The Morgan fingerprint density at radius 3 is 2.67 bits per heavy atom. The second-order valence-electron chi connectivity index (χ2n) is 4.15. The minimum Gasteiger partial charge on any atom is -0.497 e. The lowest BCUT2D eigenvalue weighted by molar-refractivity contribution is -0.136. The Balaban J connectivity index is 2.15. The lowest BCUT2D eigenvalue weighted by Gasteiger charge is -2.14. The predicted molar refractivity (Wildman–Crippen MR) is 67.2 cm³/mol. The van der Waals surface area contributed by atoms with E-state index in [1.165, 1.54) is 7.05 Å². The van der Waals surface area contributed by atoms with E-state index in [2.05, 4.69) is 5.32 Å². The minimum absolute atomic E-state index is 0.154. The third kappa shape index (κ3) is 2.09. The molecule has 1 aromatic carbocycles. The number of methoxy groups -OCH3 is 1. The van der Waals surface area contributed by atoms with E-state index in [0.717, 1.165) is 4.90 Å². The SMILES string of the molecule is COc1ccc(NC2CC(=O)N(C)C2=O)c(N)c1. The van der Waals surface area contributed by atoms with Gasteiger partial charge in [0.25, 0.3) is 5.91 Å². The molecule has 0 aliphatic carbocycles. The van der Waals surface area contributed by atoms with Gasteiger partial charge in [-0.25, -0.2) is 0 Å². The molecule has 3 N–H and O–H groups in total. The van der Waals surface area contributed by atoms with Crippen molar-refractivity contribution in [3.63, 3.8) is 0 Å². The molecule has 1 aromatic rings. The summed E-state index contributed by atoms with van der Waals surface area (Å²) in [5, 5.41) is 2.98. The third-order valence-electron chi connectivity index (χ3n) is 2.97. The van der Waals surface area contributed by atoms with Crippen LogP contribution in [0.2, 0.25) is 0 Å². The lowest BCUT2D eigenvalue weighted by Crippen LogP contribution is -2.31. The molecule has 1 fully saturated rings. The average molecular weight is 249 g/mol. The maximum absolute atomic E-state index is 11.7. The van der Waals surface area contributed by atoms with Gasteiger partial charge in [0.15, 0.2) is 0 Å². The van der Waals surface area contributed by atoms with Gasteiger partial charge < -0.3 is 15.8 Å². The molecular weight excluding hydrogens is 234 g/mol. The molecule has 1 heterocycles. The Kier molecular flexibility index (Phi) is 3.10. The predicted octanol–water partition coefficient (Wildman–Crippen LogP) is 0.447. The Hall–Kier alpha value is -2.24. The zero-order valence-corrected chi connectivity index (χ0v) is 10.3. The van der Waals surface area contributed by atoms with Crippen LogP contribution in [0.4, 0.5) is 11.4 Å². The van der Waals surface area contributed by atoms with Crippen LogP contribution in [0.1, 0.15) is 6.42 Å². The quantitative estimate of drug-likeness (QED) is 0.600. The van der Waals surface area contributed by atoms with Crippen molar-refractivity contribution in [3.05, 3.63) is 18.2 Å². The molecule has 6 nitrogen and oxygen atoms in total. The number of ether oxygens (including phenoxy) is 1. The number of nitrogen functional groups attached to an aromatic ring is 1. The number of nitrogens with zero attached hydrogens (tertiary/aromatic N) is 1. The summed E-state index contributed by atoms with van der Waals surface area (Å²) in [6, 6.07) is 4.58. The maximum atomic E-state index is 11.7. The number of likely N-dealkylation sites (tertiary alicyclic amines) is 1. The molecule has 0 radical (unpaired) electrons. The van der Waals surface area contributed by atoms with E-state index in [1.807, 2.05) is 0 Å². The molecule has 6 heteroatoms. The first-order valence-corrected chi connectivity index (χ1v) is 5.53. The highest BCUT2D eigenvalue weighted by Gasteiger charge is 2.36. The van der Waals surface area contributed by atoms with E-state index in [1.54, 1.807) is 25.3 Å². The number of hydrogen-bond donors (Lipinski definition) is 2. The summed E-state index contributed by atoms with van der Waals surface area (Å²) in [4.78, 5) is 24.2. The van der Waals surface area contributed by atoms with Crippen LogP contribution in [0.3, 0.4) is 0 Å². The molecule has 18 heavy (non-hydrogen) atoms. The number of benzene rings is 1. The fraction of sp³-hybridized carbons (Fsp3) is 0.333. The Morgan fingerprint density at radius 1 is 1.44 bits per heavy atom. The van der Waals surface area contributed by atoms with E-state index in [4.69, 9.17) is 10.5 Å². The molecule has 1 atom stereocenters. The van der Waals surface area contributed by atoms with E-state index in [-0.39, 0.29) is 18.2 Å². The first-order chi connectivity index (χ1) is 8.52. The molecule has 2 rings (SSSR count). The first-order valence-electron chi connectivity index (χ1n) is 5.53. The molecule has 1 aliphatic rings. The van der Waals surface area contributed by atoms with Gasteiger partial charge in [-0.1, -0.05) is 0 Å². The molecule has 1 saturated heterocycles. The molecular formula is C12H15N3O3. The number of likely N-dealkylation sites (N-methyl/N-ethyl adjacent to an activating group) is 1. The number of hydrogen-bond acceptors (Lipinski definition) is 5. The van der Waals surface area contributed by atoms with E-state index < -0.39 is 6.04 Å². The summed E-state index contributed by atoms with van der Waals surface area (Å²) in [6.07, 6.45) is 0.154. The van der Waals surface area contributed by atoms with Crippen molar-refractivity contribution in [1.29, 1.82) is 0 Å². The van der Waals surface area contributed by atoms with E-state index in [0.29, 0.717) is 17.1 Å². The van der Waals surface area contributed by atoms with Crippen molar-refractivity contribution >= 4 is 23.2 Å². The Bertz CT molecular complexity index is 501. The molecule has 1 aliphatic heterocycles. The zero-order valence-electron chi connectivity index (χ0n) is 10.3. The number of amides is 2. The maximum Gasteiger partial charge on any atom is 0.251 e. The Labute approximate surface area is 105 Å². The van der Waals surface area contributed by atoms with E-state index >= 15 is 0 Å². The van der Waals surface area contributed by atoms with Gasteiger partial charge in [-0.2, -0.15) is 0 Å². The second kappa shape index (κ2) is 4.56. The van der Waals surface area contributed by atoms with Gasteiger partial charge >= 0.3 is 0 Å². The summed E-state index contributed by atoms with van der Waals surface area (Å²) in [7, 11) is 3.03. The monoisotopic (exact) mass is 249 g/mol. The van der Waals surface area contributed by atoms with Gasteiger partial charge in [-0.3, -0.25) is 14.5 Å². The van der Waals surface area contributed by atoms with Crippen molar-refractivity contribution in [3.8, 4) is 5.75 Å². The first kappa shape index (κ1) is 12.2. The summed E-state index contributed by atoms with van der Waals surface area (Å²) >= 11 is 0. The van der Waals surface area contributed by atoms with Crippen LogP contribution in [-0.2, 0) is 9.59 Å². The number of nitrogens with one attached hydrogen (secondary N) is 1. The molecule has 2 amide bonds. The van der Waals surface area contributed by atoms with Crippen LogP contribution >= 0.6 is 0 Å². The molecule has 0 spiro atoms. The average Bonchev–Trinajstić information content (AvgIpc) is 2.59. The molecule has 0 aromatic heterocycles. The highest BCUT2D eigenvalue weighted by Crippen LogP contribution is 2.26. The topological polar surface area (TPSA) is 84.7 Å². The van der Waals surface area contributed by atoms with Gasteiger partial charge in [-0.15, -0.1) is 0 Å². The summed E-state index contributed by atoms with van der Waals surface area (Å²) < 4.78 is 5.04. The number of anilines is 2. The Morgan fingerprint density at radius 2 is 2.17 bits per heavy atom. The third-order valence-corrected chi connectivity index (χ3v) is 2.97. The molecule has 1 unspecified atom stereocenters. The van der Waals surface area contributed by atoms with Crippen LogP contribution in [0, 0.1) is 0 Å². The highest BCUT2D eigenvalue weighted by atomic mass is 16.5. The van der Waals surface area contributed by atoms with Gasteiger partial charge in [0.1, 0.15) is 11.8 Å². The second-order valence-corrected chi connectivity index (χ2v) is 4.15. The number of carbonyl (C=O) groups is 2. The smallest absolute Gasteiger partial charge is 0.251 e. The van der Waals surface area contributed by atoms with Crippen molar-refractivity contribution < 1.29 is 14.3 Å². The minimum atomic E-state index is -0.543. The van der Waals surface area contributed by atoms with Gasteiger partial charge in [0.05, 0.1) is 24.9 Å². The van der Waals surface area contributed by atoms with Crippen LogP contribution in [0.15, 0.2) is 18.2 Å². The number of rotatable bonds is 3. The normalized spacial score (nSPS) is 19.2. The van der Waals surface area contributed by atoms with Crippen LogP contribution in [0.25, 0.3) is 0 Å². The van der Waals surface area contributed by atoms with Gasteiger partial charge in [0.2, 0.25) is 5.91 Å². The summed E-state index contributed by atoms with van der Waals surface area (Å²) in [5.74, 6) is 0.212. The molecule has 96 valence electrons. The fourth-order valence-corrected chi connectivity index (χ4v) is 1.86. The largest absolute Gasteiger partial charge is 0.497 e. The lowest BCUT2D eigenvalue weighted by atomic mass is 10.2. The van der Waals surface area contributed by atoms with Crippen molar-refractivity contribution in [2.24, 2.45) is 0 Å². The molecule has 0 saturated carbocycles. The fourth-order valence-electron chi connectivity index (χ4n) is 1.86. The van der Waals surface area contributed by atoms with Gasteiger partial charge in [-0.05, 0) is 12.1 Å². The molecule has 0 bridgehead atoms.